The molecule has 1 N–H and O–H groups in total. The third-order valence-corrected chi connectivity index (χ3v) is 3.81. The highest BCUT2D eigenvalue weighted by Crippen LogP contribution is 2.13. The lowest BCUT2D eigenvalue weighted by Gasteiger charge is -2.14. The van der Waals surface area contributed by atoms with Crippen LogP contribution in [0.3, 0.4) is 0 Å². The summed E-state index contributed by atoms with van der Waals surface area (Å²) in [5, 5.41) is 6.71. The van der Waals surface area contributed by atoms with E-state index in [0.717, 1.165) is 18.5 Å². The van der Waals surface area contributed by atoms with Gasteiger partial charge in [-0.2, -0.15) is 0 Å². The first-order valence-electron chi connectivity index (χ1n) is 5.90. The Morgan fingerprint density at radius 3 is 2.59 bits per heavy atom. The maximum absolute atomic E-state index is 4.52. The second-order valence-corrected chi connectivity index (χ2v) is 5.20. The zero-order valence-corrected chi connectivity index (χ0v) is 11.1. The Balaban J connectivity index is 1.98. The summed E-state index contributed by atoms with van der Waals surface area (Å²) < 4.78 is 0. The molecule has 0 spiro atoms. The van der Waals surface area contributed by atoms with Crippen LogP contribution in [-0.4, -0.2) is 18.1 Å². The normalized spacial score (nSPS) is 12.6. The summed E-state index contributed by atoms with van der Waals surface area (Å²) >= 11 is 1.75. The molecule has 0 amide bonds. The van der Waals surface area contributed by atoms with Gasteiger partial charge in [-0.1, -0.05) is 30.3 Å². The lowest BCUT2D eigenvalue weighted by atomic mass is 10.0. The van der Waals surface area contributed by atoms with Crippen LogP contribution < -0.4 is 5.32 Å². The molecule has 1 unspecified atom stereocenters. The standard InChI is InChI=1S/C14H18N2S/c1-11-10-17-14(16-11)9-13(15-2)8-12-6-4-3-5-7-12/h3-7,10,13,15H,8-9H2,1-2H3. The molecule has 2 rings (SSSR count). The number of nitrogens with zero attached hydrogens (tertiary/aromatic N) is 1. The van der Waals surface area contributed by atoms with E-state index < -0.39 is 0 Å². The van der Waals surface area contributed by atoms with E-state index in [1.807, 2.05) is 14.0 Å². The Morgan fingerprint density at radius 1 is 1.24 bits per heavy atom. The predicted molar refractivity (Wildman–Crippen MR) is 73.5 cm³/mol. The van der Waals surface area contributed by atoms with Crippen molar-refractivity contribution in [2.24, 2.45) is 0 Å². The molecular weight excluding hydrogens is 228 g/mol. The van der Waals surface area contributed by atoms with E-state index in [1.54, 1.807) is 11.3 Å². The van der Waals surface area contributed by atoms with E-state index in [1.165, 1.54) is 10.6 Å². The van der Waals surface area contributed by atoms with Gasteiger partial charge in [-0.15, -0.1) is 11.3 Å². The topological polar surface area (TPSA) is 24.9 Å². The maximum Gasteiger partial charge on any atom is 0.0943 e. The second kappa shape index (κ2) is 5.94. The number of nitrogens with one attached hydrogen (secondary N) is 1. The SMILES string of the molecule is CNC(Cc1ccccc1)Cc1nc(C)cs1. The van der Waals surface area contributed by atoms with Crippen molar-refractivity contribution in [3.8, 4) is 0 Å². The molecule has 2 aromatic rings. The van der Waals surface area contributed by atoms with Gasteiger partial charge in [0, 0.05) is 23.5 Å². The molecule has 1 aromatic carbocycles. The van der Waals surface area contributed by atoms with Crippen molar-refractivity contribution >= 4 is 11.3 Å². The fraction of sp³-hybridized carbons (Fsp3) is 0.357. The van der Waals surface area contributed by atoms with E-state index in [2.05, 4.69) is 46.0 Å². The predicted octanol–water partition coefficient (Wildman–Crippen LogP) is 2.82. The number of rotatable bonds is 5. The molecule has 0 radical (unpaired) electrons. The van der Waals surface area contributed by atoms with Crippen molar-refractivity contribution in [3.63, 3.8) is 0 Å². The van der Waals surface area contributed by atoms with E-state index in [4.69, 9.17) is 0 Å². The molecule has 3 heteroatoms. The molecular formula is C14H18N2S. The molecule has 2 nitrogen and oxygen atoms in total. The summed E-state index contributed by atoms with van der Waals surface area (Å²) in [5.74, 6) is 0. The first kappa shape index (κ1) is 12.3. The molecule has 0 aliphatic heterocycles. The molecule has 0 fully saturated rings. The van der Waals surface area contributed by atoms with Crippen molar-refractivity contribution in [1.82, 2.24) is 10.3 Å². The number of thiazole rings is 1. The number of aryl methyl sites for hydroxylation is 1. The van der Waals surface area contributed by atoms with Gasteiger partial charge < -0.3 is 5.32 Å². The van der Waals surface area contributed by atoms with Gasteiger partial charge in [0.05, 0.1) is 5.01 Å². The summed E-state index contributed by atoms with van der Waals surface area (Å²) in [4.78, 5) is 4.52. The highest BCUT2D eigenvalue weighted by atomic mass is 32.1. The molecule has 90 valence electrons. The molecule has 1 atom stereocenters. The average Bonchev–Trinajstić information content (AvgIpc) is 2.75. The summed E-state index contributed by atoms with van der Waals surface area (Å²) in [6.07, 6.45) is 2.06. The molecule has 0 saturated carbocycles. The number of benzene rings is 1. The van der Waals surface area contributed by atoms with Crippen molar-refractivity contribution in [1.29, 1.82) is 0 Å². The maximum atomic E-state index is 4.52. The van der Waals surface area contributed by atoms with Gasteiger partial charge in [0.2, 0.25) is 0 Å². The van der Waals surface area contributed by atoms with Crippen LogP contribution in [0.15, 0.2) is 35.7 Å². The number of hydrogen-bond donors (Lipinski definition) is 1. The molecule has 1 aromatic heterocycles. The van der Waals surface area contributed by atoms with Crippen molar-refractivity contribution in [2.75, 3.05) is 7.05 Å². The van der Waals surface area contributed by atoms with Gasteiger partial charge >= 0.3 is 0 Å². The third kappa shape index (κ3) is 3.65. The minimum atomic E-state index is 0.461. The smallest absolute Gasteiger partial charge is 0.0943 e. The first-order valence-corrected chi connectivity index (χ1v) is 6.78. The summed E-state index contributed by atoms with van der Waals surface area (Å²) in [6.45, 7) is 2.05. The highest BCUT2D eigenvalue weighted by molar-refractivity contribution is 7.09. The van der Waals surface area contributed by atoms with Crippen LogP contribution >= 0.6 is 11.3 Å². The van der Waals surface area contributed by atoms with Crippen LogP contribution in [-0.2, 0) is 12.8 Å². The van der Waals surface area contributed by atoms with Gasteiger partial charge in [-0.3, -0.25) is 0 Å². The molecule has 1 heterocycles. The fourth-order valence-corrected chi connectivity index (χ4v) is 2.74. The minimum absolute atomic E-state index is 0.461. The molecule has 0 saturated heterocycles. The third-order valence-electron chi connectivity index (χ3n) is 2.82. The minimum Gasteiger partial charge on any atom is -0.316 e. The summed E-state index contributed by atoms with van der Waals surface area (Å²) in [6, 6.07) is 11.1. The molecule has 0 bridgehead atoms. The first-order chi connectivity index (χ1) is 8.28. The van der Waals surface area contributed by atoms with Crippen LogP contribution in [0.2, 0.25) is 0 Å². The fourth-order valence-electron chi connectivity index (χ4n) is 1.88. The van der Waals surface area contributed by atoms with Crippen LogP contribution in [0.25, 0.3) is 0 Å². The van der Waals surface area contributed by atoms with Crippen LogP contribution in [0.1, 0.15) is 16.3 Å². The lowest BCUT2D eigenvalue weighted by molar-refractivity contribution is 0.555. The molecule has 0 aliphatic carbocycles. The molecule has 17 heavy (non-hydrogen) atoms. The van der Waals surface area contributed by atoms with E-state index in [0.29, 0.717) is 6.04 Å². The lowest BCUT2D eigenvalue weighted by Crippen LogP contribution is -2.29. The van der Waals surface area contributed by atoms with E-state index >= 15 is 0 Å². The Kier molecular flexibility index (Phi) is 4.29. The Morgan fingerprint density at radius 2 is 2.00 bits per heavy atom. The van der Waals surface area contributed by atoms with E-state index in [9.17, 15) is 0 Å². The Hall–Kier alpha value is -1.19. The van der Waals surface area contributed by atoms with Crippen molar-refractivity contribution in [3.05, 3.63) is 52.0 Å². The van der Waals surface area contributed by atoms with Crippen LogP contribution in [0.5, 0.6) is 0 Å². The van der Waals surface area contributed by atoms with Crippen LogP contribution in [0, 0.1) is 6.92 Å². The largest absolute Gasteiger partial charge is 0.316 e. The van der Waals surface area contributed by atoms with E-state index in [-0.39, 0.29) is 0 Å². The zero-order chi connectivity index (χ0) is 12.1. The Bertz CT molecular complexity index is 450. The number of likely N-dealkylation sites (N-methyl/N-ethyl adjacent to an activating group) is 1. The summed E-state index contributed by atoms with van der Waals surface area (Å²) in [5.41, 5.74) is 2.50. The average molecular weight is 246 g/mol. The quantitative estimate of drug-likeness (QED) is 0.877. The zero-order valence-electron chi connectivity index (χ0n) is 10.3. The number of hydrogen-bond acceptors (Lipinski definition) is 3. The van der Waals surface area contributed by atoms with Gasteiger partial charge in [-0.05, 0) is 26.0 Å². The van der Waals surface area contributed by atoms with Crippen molar-refractivity contribution in [2.45, 2.75) is 25.8 Å². The summed E-state index contributed by atoms with van der Waals surface area (Å²) in [7, 11) is 2.02. The molecule has 0 aliphatic rings. The number of aromatic nitrogens is 1. The van der Waals surface area contributed by atoms with Crippen molar-refractivity contribution < 1.29 is 0 Å². The van der Waals surface area contributed by atoms with Gasteiger partial charge in [0.15, 0.2) is 0 Å². The monoisotopic (exact) mass is 246 g/mol. The highest BCUT2D eigenvalue weighted by Gasteiger charge is 2.10. The van der Waals surface area contributed by atoms with Gasteiger partial charge in [0.1, 0.15) is 0 Å². The van der Waals surface area contributed by atoms with Crippen LogP contribution in [0.4, 0.5) is 0 Å². The van der Waals surface area contributed by atoms with Gasteiger partial charge in [-0.25, -0.2) is 4.98 Å². The van der Waals surface area contributed by atoms with Gasteiger partial charge in [0.25, 0.3) is 0 Å². The second-order valence-electron chi connectivity index (χ2n) is 4.26. The Labute approximate surface area is 107 Å².